The van der Waals surface area contributed by atoms with Crippen LogP contribution in [0.3, 0.4) is 0 Å². The molecule has 0 aliphatic heterocycles. The molecule has 0 bridgehead atoms. The Kier molecular flexibility index (Phi) is 7.08. The first-order chi connectivity index (χ1) is 14.5. The molecule has 156 valence electrons. The quantitative estimate of drug-likeness (QED) is 0.313. The van der Waals surface area contributed by atoms with Gasteiger partial charge in [-0.05, 0) is 44.2 Å². The first kappa shape index (κ1) is 21.4. The molecule has 0 fully saturated rings. The van der Waals surface area contributed by atoms with Crippen LogP contribution in [0, 0.1) is 0 Å². The summed E-state index contributed by atoms with van der Waals surface area (Å²) in [5.74, 6) is 0.206. The Balaban J connectivity index is 1.60. The molecule has 1 amide bonds. The Labute approximate surface area is 178 Å². The maximum Gasteiger partial charge on any atom is 0.338 e. The van der Waals surface area contributed by atoms with Gasteiger partial charge in [0.1, 0.15) is 6.26 Å². The number of carbonyl (C=O) groups is 2. The standard InChI is InChI=1S/C21H22N4O4S/c1-4-10-25-19(16-9-11-28-12-16)23-24-21(25)30-13-18(26)22-17-7-5-15(6-8-17)20(27)29-14(2)3/h4-9,11-12,14H,1,10,13H2,2-3H3,(H,22,26). The van der Waals surface area contributed by atoms with Crippen molar-refractivity contribution in [2.45, 2.75) is 31.7 Å². The zero-order valence-corrected chi connectivity index (χ0v) is 17.5. The van der Waals surface area contributed by atoms with E-state index in [0.29, 0.717) is 28.8 Å². The van der Waals surface area contributed by atoms with Gasteiger partial charge in [-0.2, -0.15) is 0 Å². The van der Waals surface area contributed by atoms with Gasteiger partial charge in [0.15, 0.2) is 11.0 Å². The monoisotopic (exact) mass is 426 g/mol. The van der Waals surface area contributed by atoms with E-state index in [1.807, 2.05) is 4.57 Å². The molecule has 0 spiro atoms. The van der Waals surface area contributed by atoms with Crippen molar-refractivity contribution in [1.29, 1.82) is 0 Å². The maximum atomic E-state index is 12.3. The molecule has 3 aromatic rings. The number of aromatic nitrogens is 3. The zero-order chi connectivity index (χ0) is 21.5. The fourth-order valence-electron chi connectivity index (χ4n) is 2.59. The second-order valence-corrected chi connectivity index (χ2v) is 7.53. The fraction of sp³-hybridized carbons (Fsp3) is 0.238. The van der Waals surface area contributed by atoms with Crippen molar-refractivity contribution in [1.82, 2.24) is 14.8 Å². The molecule has 3 rings (SSSR count). The summed E-state index contributed by atoms with van der Waals surface area (Å²) < 4.78 is 12.1. The Morgan fingerprint density at radius 3 is 2.67 bits per heavy atom. The number of hydrogen-bond donors (Lipinski definition) is 1. The highest BCUT2D eigenvalue weighted by Crippen LogP contribution is 2.24. The lowest BCUT2D eigenvalue weighted by Gasteiger charge is -2.09. The van der Waals surface area contributed by atoms with Gasteiger partial charge in [0.2, 0.25) is 5.91 Å². The lowest BCUT2D eigenvalue weighted by Crippen LogP contribution is -2.15. The van der Waals surface area contributed by atoms with Crippen LogP contribution in [-0.4, -0.2) is 38.5 Å². The lowest BCUT2D eigenvalue weighted by molar-refractivity contribution is -0.113. The van der Waals surface area contributed by atoms with E-state index in [9.17, 15) is 9.59 Å². The van der Waals surface area contributed by atoms with Gasteiger partial charge >= 0.3 is 5.97 Å². The van der Waals surface area contributed by atoms with Crippen LogP contribution in [-0.2, 0) is 16.1 Å². The van der Waals surface area contributed by atoms with Crippen LogP contribution in [0.4, 0.5) is 5.69 Å². The average Bonchev–Trinajstić information content (AvgIpc) is 3.36. The Morgan fingerprint density at radius 1 is 1.27 bits per heavy atom. The van der Waals surface area contributed by atoms with E-state index in [4.69, 9.17) is 9.15 Å². The highest BCUT2D eigenvalue weighted by molar-refractivity contribution is 7.99. The number of amides is 1. The molecule has 0 atom stereocenters. The molecule has 2 aromatic heterocycles. The van der Waals surface area contributed by atoms with Crippen molar-refractivity contribution >= 4 is 29.3 Å². The summed E-state index contributed by atoms with van der Waals surface area (Å²) in [6, 6.07) is 8.36. The van der Waals surface area contributed by atoms with Crippen LogP contribution in [0.5, 0.6) is 0 Å². The topological polar surface area (TPSA) is 99.2 Å². The fourth-order valence-corrected chi connectivity index (χ4v) is 3.34. The van der Waals surface area contributed by atoms with Crippen LogP contribution < -0.4 is 5.32 Å². The minimum atomic E-state index is -0.395. The number of ether oxygens (including phenoxy) is 1. The molecule has 30 heavy (non-hydrogen) atoms. The summed E-state index contributed by atoms with van der Waals surface area (Å²) in [6.07, 6.45) is 4.70. The van der Waals surface area contributed by atoms with E-state index in [0.717, 1.165) is 5.56 Å². The first-order valence-electron chi connectivity index (χ1n) is 9.28. The normalized spacial score (nSPS) is 10.8. The molecular formula is C21H22N4O4S. The Morgan fingerprint density at radius 2 is 2.03 bits per heavy atom. The number of esters is 1. The van der Waals surface area contributed by atoms with Gasteiger partial charge in [-0.25, -0.2) is 4.79 Å². The number of benzene rings is 1. The third-order valence-corrected chi connectivity index (χ3v) is 4.85. The molecule has 1 aromatic carbocycles. The molecule has 0 aliphatic carbocycles. The summed E-state index contributed by atoms with van der Waals surface area (Å²) in [5, 5.41) is 11.8. The van der Waals surface area contributed by atoms with E-state index < -0.39 is 5.97 Å². The number of nitrogens with zero attached hydrogens (tertiary/aromatic N) is 3. The number of nitrogens with one attached hydrogen (secondary N) is 1. The van der Waals surface area contributed by atoms with Crippen LogP contribution in [0.15, 0.2) is 65.1 Å². The van der Waals surface area contributed by atoms with Crippen molar-refractivity contribution in [3.63, 3.8) is 0 Å². The van der Waals surface area contributed by atoms with Gasteiger partial charge in [-0.15, -0.1) is 16.8 Å². The number of rotatable bonds is 9. The number of thioether (sulfide) groups is 1. The van der Waals surface area contributed by atoms with Gasteiger partial charge in [0, 0.05) is 12.2 Å². The van der Waals surface area contributed by atoms with Crippen molar-refractivity contribution in [3.8, 4) is 11.4 Å². The summed E-state index contributed by atoms with van der Waals surface area (Å²) in [5.41, 5.74) is 1.82. The van der Waals surface area contributed by atoms with Crippen LogP contribution in [0.1, 0.15) is 24.2 Å². The number of carbonyl (C=O) groups excluding carboxylic acids is 2. The highest BCUT2D eigenvalue weighted by atomic mass is 32.2. The van der Waals surface area contributed by atoms with E-state index in [2.05, 4.69) is 22.1 Å². The zero-order valence-electron chi connectivity index (χ0n) is 16.7. The lowest BCUT2D eigenvalue weighted by atomic mass is 10.2. The van der Waals surface area contributed by atoms with E-state index in [1.54, 1.807) is 62.8 Å². The third kappa shape index (κ3) is 5.38. The summed E-state index contributed by atoms with van der Waals surface area (Å²) in [4.78, 5) is 24.2. The highest BCUT2D eigenvalue weighted by Gasteiger charge is 2.16. The maximum absolute atomic E-state index is 12.3. The van der Waals surface area contributed by atoms with Gasteiger partial charge < -0.3 is 14.5 Å². The molecule has 0 aliphatic rings. The van der Waals surface area contributed by atoms with E-state index >= 15 is 0 Å². The Bertz CT molecular complexity index is 1010. The largest absolute Gasteiger partial charge is 0.472 e. The van der Waals surface area contributed by atoms with Gasteiger partial charge in [-0.1, -0.05) is 17.8 Å². The minimum absolute atomic E-state index is 0.151. The predicted molar refractivity (Wildman–Crippen MR) is 114 cm³/mol. The van der Waals surface area contributed by atoms with Gasteiger partial charge in [0.25, 0.3) is 0 Å². The average molecular weight is 426 g/mol. The first-order valence-corrected chi connectivity index (χ1v) is 10.3. The number of furan rings is 1. The van der Waals surface area contributed by atoms with Crippen molar-refractivity contribution in [3.05, 3.63) is 61.1 Å². The van der Waals surface area contributed by atoms with Crippen LogP contribution >= 0.6 is 11.8 Å². The van der Waals surface area contributed by atoms with E-state index in [1.165, 1.54) is 11.8 Å². The van der Waals surface area contributed by atoms with Crippen molar-refractivity contribution < 1.29 is 18.7 Å². The summed E-state index contributed by atoms with van der Waals surface area (Å²) in [7, 11) is 0. The molecular weight excluding hydrogens is 404 g/mol. The molecule has 0 saturated heterocycles. The van der Waals surface area contributed by atoms with Crippen LogP contribution in [0.25, 0.3) is 11.4 Å². The summed E-state index contributed by atoms with van der Waals surface area (Å²) in [6.45, 7) is 7.85. The second-order valence-electron chi connectivity index (χ2n) is 6.59. The van der Waals surface area contributed by atoms with Crippen LogP contribution in [0.2, 0.25) is 0 Å². The molecule has 0 saturated carbocycles. The SMILES string of the molecule is C=CCn1c(SCC(=O)Nc2ccc(C(=O)OC(C)C)cc2)nnc1-c1ccoc1. The predicted octanol–water partition coefficient (Wildman–Crippen LogP) is 4.02. The molecule has 0 radical (unpaired) electrons. The molecule has 9 heteroatoms. The van der Waals surface area contributed by atoms with Crippen molar-refractivity contribution in [2.75, 3.05) is 11.1 Å². The number of anilines is 1. The molecule has 8 nitrogen and oxygen atoms in total. The number of allylic oxidation sites excluding steroid dienone is 1. The van der Waals surface area contributed by atoms with E-state index in [-0.39, 0.29) is 17.8 Å². The molecule has 0 unspecified atom stereocenters. The smallest absolute Gasteiger partial charge is 0.338 e. The molecule has 1 N–H and O–H groups in total. The molecule has 2 heterocycles. The third-order valence-electron chi connectivity index (χ3n) is 3.89. The van der Waals surface area contributed by atoms with Crippen molar-refractivity contribution in [2.24, 2.45) is 0 Å². The van der Waals surface area contributed by atoms with Gasteiger partial charge in [0.05, 0.1) is 29.2 Å². The second kappa shape index (κ2) is 9.93. The number of hydrogen-bond acceptors (Lipinski definition) is 7. The van der Waals surface area contributed by atoms with Gasteiger partial charge in [-0.3, -0.25) is 9.36 Å². The Hall–Kier alpha value is -3.33. The minimum Gasteiger partial charge on any atom is -0.472 e. The summed E-state index contributed by atoms with van der Waals surface area (Å²) >= 11 is 1.27.